The molecule has 13 heteroatoms. The minimum atomic E-state index is -2.71. The number of rotatable bonds is 10. The zero-order valence-electron chi connectivity index (χ0n) is 64.5. The van der Waals surface area contributed by atoms with Gasteiger partial charge in [0, 0.05) is 42.7 Å². The highest BCUT2D eigenvalue weighted by atomic mass is 32.1. The van der Waals surface area contributed by atoms with E-state index in [0.29, 0.717) is 19.5 Å². The van der Waals surface area contributed by atoms with Gasteiger partial charge in [0.15, 0.2) is 28.1 Å². The quantitative estimate of drug-likeness (QED) is 0.123. The number of ether oxygens (including phenoxy) is 9. The van der Waals surface area contributed by atoms with E-state index in [-0.39, 0.29) is 5.56 Å². The molecule has 4 aliphatic rings. The van der Waals surface area contributed by atoms with Crippen molar-refractivity contribution in [2.45, 2.75) is 128 Å². The Morgan fingerprint density at radius 2 is 0.990 bits per heavy atom. The minimum Gasteiger partial charge on any atom is -0.497 e. The topological polar surface area (TPSA) is 86.3 Å². The molecule has 0 bridgehead atoms. The van der Waals surface area contributed by atoms with Crippen LogP contribution in [-0.2, 0) is 17.1 Å². The zero-order chi connectivity index (χ0) is 75.8. The average Bonchev–Trinajstić information content (AvgIpc) is 1.68. The van der Waals surface area contributed by atoms with Gasteiger partial charge in [-0.05, 0) is 229 Å². The maximum atomic E-state index is 12.6. The fourth-order valence-corrected chi connectivity index (χ4v) is 10.9. The third kappa shape index (κ3) is 33.7. The van der Waals surface area contributed by atoms with Crippen LogP contribution in [0, 0.1) is 94.4 Å². The lowest BCUT2D eigenvalue weighted by molar-refractivity contribution is 0.0174. The summed E-state index contributed by atoms with van der Waals surface area (Å²) >= 11 is 1.67. The summed E-state index contributed by atoms with van der Waals surface area (Å²) in [6.45, 7) is 30.8. The summed E-state index contributed by atoms with van der Waals surface area (Å²) in [6.07, 6.45) is 9.92. The summed E-state index contributed by atoms with van der Waals surface area (Å²) in [4.78, 5) is 3.40. The van der Waals surface area contributed by atoms with Crippen molar-refractivity contribution < 1.29 is 51.4 Å². The van der Waals surface area contributed by atoms with Gasteiger partial charge in [-0.25, -0.2) is 8.78 Å². The lowest BCUT2D eigenvalue weighted by atomic mass is 10.0. The Balaban J connectivity index is 0.000000209. The predicted molar refractivity (Wildman–Crippen MR) is 427 cm³/mol. The van der Waals surface area contributed by atoms with Crippen LogP contribution in [0.2, 0.25) is 0 Å². The molecule has 1 atom stereocenters. The SMILES string of the molecule is C#Cc1ccc(C)cc1.COc1ccc(C)s1.COc1ccc2c(c1)CC[C@H]2C.Cc1ccc(C(C)(F)F)cc1.Cc1ccc(C)cc1.Cc1ccc(OCC2CCOCC2)cc1.Cc1ccc(OCCN(C)C)cc1.Cc1ccc2c(c1)OCO2.Cc1cccc(C)c1.Cc1cccc2c1OCO2. The van der Waals surface area contributed by atoms with Gasteiger partial charge in [0.1, 0.15) is 23.9 Å². The molecule has 10 aromatic rings. The van der Waals surface area contributed by atoms with Gasteiger partial charge in [-0.1, -0.05) is 191 Å². The number of benzene rings is 9. The third-order valence-electron chi connectivity index (χ3n) is 16.6. The van der Waals surface area contributed by atoms with Crippen LogP contribution in [0.25, 0.3) is 0 Å². The maximum Gasteiger partial charge on any atom is 0.270 e. The molecule has 10 nitrogen and oxygen atoms in total. The molecule has 1 saturated heterocycles. The standard InChI is InChI=1S/C13H18O2.C11H17NO.C11H14O.C9H10F2.C9H8.2C8H8O2.2C8H10.C6H8OS/c1-11-2-4-13(5-3-11)15-10-12-6-8-14-9-7-12;1-10-4-6-11(7-5-10)13-9-8-12(2)3;1-8-3-4-9-7-10(12-2)5-6-11(8)9;1-7-3-5-8(6-4-7)9(2,10)11;1-3-9-6-4-8(2)5-7-9;1-6-2-3-7-8(4-6)10-5-9-7;1-6-3-2-4-7-8(6)10-5-9-7;1-7-3-5-8(2)6-4-7;1-7-4-3-5-8(2)6-7;1-5-3-4-6(7-2)8-5/h2-5,12H,6-10H2,1H3;4-7H,8-9H2,1-3H3;5-8H,3-4H2,1-2H3;3-6H,1-2H3;1,4-7H,2H3;2*2-4H,5H2,1H3;2*3-6H,1-2H3;3-4H,1-2H3/t;;8-;;;;;;;/m..1......./s1. The number of hydrogen-bond acceptors (Lipinski definition) is 11. The largest absolute Gasteiger partial charge is 0.497 e. The molecule has 14 rings (SSSR count). The third-order valence-corrected chi connectivity index (χ3v) is 17.6. The molecule has 0 amide bonds. The molecule has 1 aromatic heterocycles. The first-order valence-electron chi connectivity index (χ1n) is 35.5. The Morgan fingerprint density at radius 3 is 1.48 bits per heavy atom. The van der Waals surface area contributed by atoms with Gasteiger partial charge in [0.25, 0.3) is 5.92 Å². The minimum absolute atomic E-state index is 0.0723. The highest BCUT2D eigenvalue weighted by Gasteiger charge is 2.23. The van der Waals surface area contributed by atoms with Crippen LogP contribution >= 0.6 is 11.3 Å². The molecule has 1 aliphatic carbocycles. The van der Waals surface area contributed by atoms with Crippen molar-refractivity contribution in [1.82, 2.24) is 4.90 Å². The summed E-state index contributed by atoms with van der Waals surface area (Å²) in [7, 11) is 7.49. The number of likely N-dealkylation sites (N-methyl/N-ethyl adjacent to an activating group) is 1. The Morgan fingerprint density at radius 1 is 0.500 bits per heavy atom. The van der Waals surface area contributed by atoms with Crippen LogP contribution in [-0.4, -0.2) is 79.8 Å². The maximum absolute atomic E-state index is 12.6. The van der Waals surface area contributed by atoms with Crippen molar-refractivity contribution in [3.05, 3.63) is 295 Å². The molecule has 0 unspecified atom stereocenters. The van der Waals surface area contributed by atoms with Gasteiger partial charge in [0.2, 0.25) is 13.6 Å². The van der Waals surface area contributed by atoms with Crippen LogP contribution in [0.5, 0.6) is 45.3 Å². The van der Waals surface area contributed by atoms with Crippen LogP contribution in [0.15, 0.2) is 212 Å². The Bertz CT molecular complexity index is 4020. The van der Waals surface area contributed by atoms with Gasteiger partial charge in [-0.3, -0.25) is 0 Å². The number of para-hydroxylation sites is 1. The van der Waals surface area contributed by atoms with Crippen molar-refractivity contribution in [3.63, 3.8) is 0 Å². The van der Waals surface area contributed by atoms with E-state index in [1.807, 2.05) is 139 Å². The zero-order valence-corrected chi connectivity index (χ0v) is 65.3. The first-order valence-corrected chi connectivity index (χ1v) is 36.3. The van der Waals surface area contributed by atoms with E-state index in [0.717, 1.165) is 121 Å². The summed E-state index contributed by atoms with van der Waals surface area (Å²) in [5.41, 5.74) is 16.4. The number of methoxy groups -OCH3 is 2. The summed E-state index contributed by atoms with van der Waals surface area (Å²) in [6, 6.07) is 69.7. The second-order valence-electron chi connectivity index (χ2n) is 26.5. The first-order chi connectivity index (χ1) is 49.8. The van der Waals surface area contributed by atoms with Gasteiger partial charge >= 0.3 is 0 Å². The molecular weight excluding hydrogens is 1320 g/mol. The number of aryl methyl sites for hydroxylation is 12. The van der Waals surface area contributed by atoms with Gasteiger partial charge in [-0.2, -0.15) is 0 Å². The predicted octanol–water partition coefficient (Wildman–Crippen LogP) is 22.7. The molecule has 104 heavy (non-hydrogen) atoms. The molecule has 9 aromatic carbocycles. The number of halogens is 2. The van der Waals surface area contributed by atoms with E-state index in [1.54, 1.807) is 37.7 Å². The molecule has 0 saturated carbocycles. The van der Waals surface area contributed by atoms with E-state index >= 15 is 0 Å². The fraction of sp³-hybridized carbons (Fsp3) is 0.341. The Hall–Kier alpha value is -9.58. The first kappa shape index (κ1) is 85.1. The van der Waals surface area contributed by atoms with Crippen LogP contribution in [0.4, 0.5) is 8.78 Å². The molecule has 3 aliphatic heterocycles. The second kappa shape index (κ2) is 46.2. The van der Waals surface area contributed by atoms with Crippen LogP contribution in [0.3, 0.4) is 0 Å². The Labute approximate surface area is 625 Å². The lowest BCUT2D eigenvalue weighted by Crippen LogP contribution is -2.21. The molecule has 4 heterocycles. The van der Waals surface area contributed by atoms with Crippen molar-refractivity contribution in [3.8, 4) is 57.7 Å². The van der Waals surface area contributed by atoms with Crippen LogP contribution in [0.1, 0.15) is 122 Å². The molecule has 0 radical (unpaired) electrons. The van der Waals surface area contributed by atoms with E-state index in [1.165, 1.54) is 85.5 Å². The molecule has 554 valence electrons. The number of fused-ring (bicyclic) bond motifs is 3. The smallest absolute Gasteiger partial charge is 0.270 e. The van der Waals surface area contributed by atoms with Crippen LogP contribution < -0.4 is 37.9 Å². The highest BCUT2D eigenvalue weighted by Crippen LogP contribution is 2.36. The number of alkyl halides is 2. The molecular formula is C91H111F2NO9S. The second-order valence-corrected chi connectivity index (χ2v) is 27.7. The average molecular weight is 1430 g/mol. The number of terminal acetylenes is 1. The molecule has 0 N–H and O–H groups in total. The Kier molecular flexibility index (Phi) is 37.8. The fourth-order valence-electron chi connectivity index (χ4n) is 10.2. The van der Waals surface area contributed by atoms with Gasteiger partial charge < -0.3 is 47.5 Å². The molecule has 1 fully saturated rings. The van der Waals surface area contributed by atoms with Crippen molar-refractivity contribution in [1.29, 1.82) is 0 Å². The monoisotopic (exact) mass is 1430 g/mol. The lowest BCUT2D eigenvalue weighted by Gasteiger charge is -2.22. The number of thiophene rings is 1. The summed E-state index contributed by atoms with van der Waals surface area (Å²) < 4.78 is 72.5. The van der Waals surface area contributed by atoms with Crippen molar-refractivity contribution in [2.24, 2.45) is 5.92 Å². The van der Waals surface area contributed by atoms with E-state index in [4.69, 9.17) is 49.1 Å². The van der Waals surface area contributed by atoms with E-state index in [2.05, 4.69) is 157 Å². The number of hydrogen-bond donors (Lipinski definition) is 0. The van der Waals surface area contributed by atoms with E-state index < -0.39 is 5.92 Å². The van der Waals surface area contributed by atoms with Crippen molar-refractivity contribution >= 4 is 11.3 Å². The highest BCUT2D eigenvalue weighted by molar-refractivity contribution is 7.13. The van der Waals surface area contributed by atoms with Crippen molar-refractivity contribution in [2.75, 3.05) is 74.9 Å². The number of nitrogens with zero attached hydrogens (tertiary/aromatic N) is 1. The van der Waals surface area contributed by atoms with E-state index in [9.17, 15) is 8.78 Å². The van der Waals surface area contributed by atoms with Gasteiger partial charge in [0.05, 0.1) is 20.8 Å². The summed E-state index contributed by atoms with van der Waals surface area (Å²) in [5, 5.41) is 0.988. The normalized spacial score (nSPS) is 13.0. The summed E-state index contributed by atoms with van der Waals surface area (Å²) in [5.74, 6) is 7.63. The van der Waals surface area contributed by atoms with Gasteiger partial charge in [-0.15, -0.1) is 17.8 Å². The molecule has 0 spiro atoms.